The molecular formula is C15H19ClN2O4S. The highest BCUT2D eigenvalue weighted by Gasteiger charge is 2.24. The molecule has 0 fully saturated rings. The molecule has 0 aliphatic rings. The lowest BCUT2D eigenvalue weighted by atomic mass is 9.97. The van der Waals surface area contributed by atoms with Crippen molar-refractivity contribution in [3.8, 4) is 5.75 Å². The van der Waals surface area contributed by atoms with Crippen molar-refractivity contribution in [2.75, 3.05) is 7.11 Å². The van der Waals surface area contributed by atoms with Crippen molar-refractivity contribution in [3.63, 3.8) is 0 Å². The van der Waals surface area contributed by atoms with Gasteiger partial charge >= 0.3 is 0 Å². The summed E-state index contributed by atoms with van der Waals surface area (Å²) in [4.78, 5) is 4.15. The molecule has 0 N–H and O–H groups in total. The smallest absolute Gasteiger partial charge is 0.232 e. The highest BCUT2D eigenvalue weighted by Crippen LogP contribution is 2.26. The molecule has 0 atom stereocenters. The molecule has 0 radical (unpaired) electrons. The van der Waals surface area contributed by atoms with Crippen molar-refractivity contribution in [2.24, 2.45) is 0 Å². The van der Waals surface area contributed by atoms with Gasteiger partial charge in [0, 0.05) is 16.0 Å². The summed E-state index contributed by atoms with van der Waals surface area (Å²) < 4.78 is 35.1. The third-order valence-corrected chi connectivity index (χ3v) is 4.76. The summed E-state index contributed by atoms with van der Waals surface area (Å²) in [6.45, 7) is 5.74. The molecule has 0 saturated carbocycles. The molecule has 23 heavy (non-hydrogen) atoms. The fourth-order valence-corrected chi connectivity index (χ4v) is 3.47. The van der Waals surface area contributed by atoms with E-state index in [1.54, 1.807) is 18.2 Å². The first-order valence-corrected chi connectivity index (χ1v) is 9.16. The van der Waals surface area contributed by atoms with E-state index in [1.807, 2.05) is 20.8 Å². The third kappa shape index (κ3) is 4.68. The number of rotatable bonds is 5. The molecule has 0 saturated heterocycles. The monoisotopic (exact) mass is 358 g/mol. The molecule has 0 spiro atoms. The Morgan fingerprint density at radius 1 is 1.26 bits per heavy atom. The number of aromatic nitrogens is 2. The Bertz CT molecular complexity index is 794. The second kappa shape index (κ2) is 6.49. The van der Waals surface area contributed by atoms with Gasteiger partial charge in [-0.1, -0.05) is 37.5 Å². The van der Waals surface area contributed by atoms with Crippen molar-refractivity contribution in [1.29, 1.82) is 0 Å². The number of halogens is 1. The molecule has 1 aromatic heterocycles. The standard InChI is InChI=1S/C15H19ClN2O4S/c1-15(2,3)14-17-13(18-22-14)9-23(19,20)8-10-7-11(16)5-6-12(10)21-4/h5-7H,8-9H2,1-4H3. The van der Waals surface area contributed by atoms with Crippen LogP contribution in [-0.4, -0.2) is 25.7 Å². The van der Waals surface area contributed by atoms with Crippen molar-refractivity contribution >= 4 is 21.4 Å². The van der Waals surface area contributed by atoms with Gasteiger partial charge in [0.05, 0.1) is 12.9 Å². The van der Waals surface area contributed by atoms with Gasteiger partial charge in [-0.15, -0.1) is 0 Å². The fourth-order valence-electron chi connectivity index (χ4n) is 1.96. The zero-order valence-electron chi connectivity index (χ0n) is 13.5. The molecule has 2 rings (SSSR count). The van der Waals surface area contributed by atoms with Crippen molar-refractivity contribution in [1.82, 2.24) is 10.1 Å². The third-order valence-electron chi connectivity index (χ3n) is 3.08. The van der Waals surface area contributed by atoms with E-state index in [1.165, 1.54) is 7.11 Å². The van der Waals surface area contributed by atoms with E-state index in [0.29, 0.717) is 22.2 Å². The Morgan fingerprint density at radius 2 is 1.96 bits per heavy atom. The highest BCUT2D eigenvalue weighted by molar-refractivity contribution is 7.89. The molecule has 1 aromatic carbocycles. The second-order valence-electron chi connectivity index (χ2n) is 6.25. The molecule has 0 bridgehead atoms. The van der Waals surface area contributed by atoms with Gasteiger partial charge in [-0.05, 0) is 18.2 Å². The Hall–Kier alpha value is -1.60. The maximum atomic E-state index is 12.4. The van der Waals surface area contributed by atoms with Gasteiger partial charge in [-0.2, -0.15) is 4.98 Å². The van der Waals surface area contributed by atoms with Gasteiger partial charge in [0.1, 0.15) is 11.5 Å². The lowest BCUT2D eigenvalue weighted by Gasteiger charge is -2.10. The molecular weight excluding hydrogens is 340 g/mol. The summed E-state index contributed by atoms with van der Waals surface area (Å²) in [6, 6.07) is 4.86. The van der Waals surface area contributed by atoms with E-state index in [9.17, 15) is 8.42 Å². The number of hydrogen-bond acceptors (Lipinski definition) is 6. The quantitative estimate of drug-likeness (QED) is 0.816. The first kappa shape index (κ1) is 17.7. The van der Waals surface area contributed by atoms with Crippen LogP contribution < -0.4 is 4.74 Å². The zero-order valence-corrected chi connectivity index (χ0v) is 15.0. The average molecular weight is 359 g/mol. The molecule has 126 valence electrons. The SMILES string of the molecule is COc1ccc(Cl)cc1CS(=O)(=O)Cc1noc(C(C)(C)C)n1. The number of hydrogen-bond donors (Lipinski definition) is 0. The normalized spacial score (nSPS) is 12.4. The van der Waals surface area contributed by atoms with E-state index >= 15 is 0 Å². The average Bonchev–Trinajstić information content (AvgIpc) is 2.86. The Balaban J connectivity index is 2.20. The Morgan fingerprint density at radius 3 is 2.52 bits per heavy atom. The zero-order chi connectivity index (χ0) is 17.3. The van der Waals surface area contributed by atoms with E-state index in [0.717, 1.165) is 0 Å². The largest absolute Gasteiger partial charge is 0.496 e. The van der Waals surface area contributed by atoms with Crippen LogP contribution in [0.25, 0.3) is 0 Å². The van der Waals surface area contributed by atoms with Crippen LogP contribution in [0.1, 0.15) is 38.0 Å². The first-order valence-electron chi connectivity index (χ1n) is 6.96. The van der Waals surface area contributed by atoms with Gasteiger partial charge < -0.3 is 9.26 Å². The summed E-state index contributed by atoms with van der Waals surface area (Å²) in [6.07, 6.45) is 0. The topological polar surface area (TPSA) is 82.3 Å². The van der Waals surface area contributed by atoms with Crippen LogP contribution in [0.15, 0.2) is 22.7 Å². The summed E-state index contributed by atoms with van der Waals surface area (Å²) in [5.41, 5.74) is 0.171. The van der Waals surface area contributed by atoms with E-state index < -0.39 is 9.84 Å². The molecule has 0 unspecified atom stereocenters. The van der Waals surface area contributed by atoms with Crippen LogP contribution in [0.3, 0.4) is 0 Å². The van der Waals surface area contributed by atoms with Crippen LogP contribution in [0.5, 0.6) is 5.75 Å². The summed E-state index contributed by atoms with van der Waals surface area (Å²) in [5.74, 6) is 0.513. The lowest BCUT2D eigenvalue weighted by Crippen LogP contribution is -2.13. The van der Waals surface area contributed by atoms with Crippen LogP contribution in [0.4, 0.5) is 0 Å². The minimum absolute atomic E-state index is 0.149. The first-order chi connectivity index (χ1) is 10.6. The molecule has 1 heterocycles. The number of methoxy groups -OCH3 is 1. The van der Waals surface area contributed by atoms with Gasteiger partial charge in [-0.25, -0.2) is 8.42 Å². The van der Waals surface area contributed by atoms with Crippen molar-refractivity contribution in [3.05, 3.63) is 40.5 Å². The number of nitrogens with zero attached hydrogens (tertiary/aromatic N) is 2. The van der Waals surface area contributed by atoms with Gasteiger partial charge in [-0.3, -0.25) is 0 Å². The molecule has 6 nitrogen and oxygen atoms in total. The Labute approximate surface area is 140 Å². The molecule has 8 heteroatoms. The predicted octanol–water partition coefficient (Wildman–Crippen LogP) is 3.14. The van der Waals surface area contributed by atoms with Gasteiger partial charge in [0.15, 0.2) is 15.7 Å². The van der Waals surface area contributed by atoms with Crippen molar-refractivity contribution in [2.45, 2.75) is 37.7 Å². The maximum absolute atomic E-state index is 12.4. The van der Waals surface area contributed by atoms with E-state index in [2.05, 4.69) is 10.1 Å². The highest BCUT2D eigenvalue weighted by atomic mass is 35.5. The number of benzene rings is 1. The van der Waals surface area contributed by atoms with Crippen LogP contribution in [0.2, 0.25) is 5.02 Å². The Kier molecular flexibility index (Phi) is 5.01. The maximum Gasteiger partial charge on any atom is 0.232 e. The van der Waals surface area contributed by atoms with Crippen LogP contribution >= 0.6 is 11.6 Å². The van der Waals surface area contributed by atoms with Crippen LogP contribution in [0, 0.1) is 0 Å². The van der Waals surface area contributed by atoms with Crippen LogP contribution in [-0.2, 0) is 26.8 Å². The fraction of sp³-hybridized carbons (Fsp3) is 0.467. The molecule has 0 amide bonds. The van der Waals surface area contributed by atoms with Gasteiger partial charge in [0.2, 0.25) is 5.89 Å². The summed E-state index contributed by atoms with van der Waals surface area (Å²) >= 11 is 5.93. The summed E-state index contributed by atoms with van der Waals surface area (Å²) in [5, 5.41) is 4.20. The predicted molar refractivity (Wildman–Crippen MR) is 87.3 cm³/mol. The number of sulfone groups is 1. The lowest BCUT2D eigenvalue weighted by molar-refractivity contribution is 0.319. The molecule has 0 aliphatic carbocycles. The van der Waals surface area contributed by atoms with E-state index in [-0.39, 0.29) is 22.7 Å². The van der Waals surface area contributed by atoms with Gasteiger partial charge in [0.25, 0.3) is 0 Å². The second-order valence-corrected chi connectivity index (χ2v) is 8.76. The number of ether oxygens (including phenoxy) is 1. The van der Waals surface area contributed by atoms with E-state index in [4.69, 9.17) is 20.9 Å². The summed E-state index contributed by atoms with van der Waals surface area (Å²) in [7, 11) is -2.01. The minimum atomic E-state index is -3.49. The van der Waals surface area contributed by atoms with Crippen molar-refractivity contribution < 1.29 is 17.7 Å². The molecule has 2 aromatic rings. The minimum Gasteiger partial charge on any atom is -0.496 e. The molecule has 0 aliphatic heterocycles.